The summed E-state index contributed by atoms with van der Waals surface area (Å²) in [7, 11) is 0. The summed E-state index contributed by atoms with van der Waals surface area (Å²) in [5.74, 6) is -1.24. The fourth-order valence-corrected chi connectivity index (χ4v) is 4.20. The number of nitrogens with zero attached hydrogens (tertiary/aromatic N) is 1. The van der Waals surface area contributed by atoms with Crippen molar-refractivity contribution in [1.29, 1.82) is 0 Å². The molecule has 2 fully saturated rings. The molecule has 1 aliphatic heterocycles. The van der Waals surface area contributed by atoms with E-state index in [1.54, 1.807) is 6.92 Å². The molecule has 6 nitrogen and oxygen atoms in total. The van der Waals surface area contributed by atoms with E-state index in [9.17, 15) is 19.5 Å². The molecule has 1 aromatic heterocycles. The highest BCUT2D eigenvalue weighted by atomic mass is 79.9. The van der Waals surface area contributed by atoms with E-state index in [-0.39, 0.29) is 17.5 Å². The number of carboxylic acid groups (broad SMARTS) is 1. The number of aliphatic carboxylic acids is 1. The number of aromatic amines is 1. The highest BCUT2D eigenvalue weighted by Crippen LogP contribution is 2.40. The molecule has 0 aromatic carbocycles. The summed E-state index contributed by atoms with van der Waals surface area (Å²) in [4.78, 5) is 40.8. The number of amides is 1. The Labute approximate surface area is 142 Å². The monoisotopic (exact) mass is 382 g/mol. The van der Waals surface area contributed by atoms with Crippen molar-refractivity contribution in [1.82, 2.24) is 9.88 Å². The Morgan fingerprint density at radius 1 is 1.35 bits per heavy atom. The van der Waals surface area contributed by atoms with Crippen LogP contribution in [0.25, 0.3) is 0 Å². The molecule has 2 aliphatic rings. The largest absolute Gasteiger partial charge is 0.480 e. The lowest BCUT2D eigenvalue weighted by molar-refractivity contribution is -0.141. The predicted molar refractivity (Wildman–Crippen MR) is 87.5 cm³/mol. The maximum absolute atomic E-state index is 12.9. The van der Waals surface area contributed by atoms with Gasteiger partial charge in [0.15, 0.2) is 0 Å². The van der Waals surface area contributed by atoms with Gasteiger partial charge < -0.3 is 15.0 Å². The number of fused-ring (bicyclic) bond motifs is 1. The quantitative estimate of drug-likeness (QED) is 0.820. The molecule has 23 heavy (non-hydrogen) atoms. The summed E-state index contributed by atoms with van der Waals surface area (Å²) in [5, 5.41) is 9.51. The molecule has 0 bridgehead atoms. The Morgan fingerprint density at radius 3 is 2.74 bits per heavy atom. The van der Waals surface area contributed by atoms with Gasteiger partial charge in [0, 0.05) is 16.2 Å². The van der Waals surface area contributed by atoms with Crippen LogP contribution in [-0.2, 0) is 4.79 Å². The maximum atomic E-state index is 12.9. The van der Waals surface area contributed by atoms with E-state index in [2.05, 4.69) is 20.9 Å². The highest BCUT2D eigenvalue weighted by molar-refractivity contribution is 9.10. The Balaban J connectivity index is 2.00. The summed E-state index contributed by atoms with van der Waals surface area (Å²) in [6.45, 7) is 1.73. The van der Waals surface area contributed by atoms with Crippen LogP contribution in [0.2, 0.25) is 0 Å². The van der Waals surface area contributed by atoms with Gasteiger partial charge in [0.25, 0.3) is 11.5 Å². The molecule has 3 atom stereocenters. The van der Waals surface area contributed by atoms with Crippen LogP contribution in [-0.4, -0.2) is 39.0 Å². The second kappa shape index (κ2) is 6.11. The normalized spacial score (nSPS) is 26.9. The van der Waals surface area contributed by atoms with Gasteiger partial charge in [-0.2, -0.15) is 0 Å². The molecule has 1 saturated heterocycles. The Hall–Kier alpha value is -1.63. The summed E-state index contributed by atoms with van der Waals surface area (Å²) in [6, 6.07) is 0.581. The number of hydrogen-bond donors (Lipinski definition) is 2. The van der Waals surface area contributed by atoms with Gasteiger partial charge in [-0.1, -0.05) is 12.8 Å². The van der Waals surface area contributed by atoms with Gasteiger partial charge in [0.2, 0.25) is 0 Å². The smallest absolute Gasteiger partial charge is 0.326 e. The predicted octanol–water partition coefficient (Wildman–Crippen LogP) is 2.30. The standard InChI is InChI=1S/C16H19BrN2O4/c1-8-11(17)7-10(14(20)18-8)15(21)19-12-5-3-2-4-9(12)6-13(19)16(22)23/h7,9,12-13H,2-6H2,1H3,(H,18,20)(H,22,23). The molecule has 2 N–H and O–H groups in total. The van der Waals surface area contributed by atoms with Gasteiger partial charge in [-0.3, -0.25) is 9.59 Å². The van der Waals surface area contributed by atoms with E-state index in [1.807, 2.05) is 0 Å². The van der Waals surface area contributed by atoms with Crippen LogP contribution in [0.4, 0.5) is 0 Å². The first-order chi connectivity index (χ1) is 10.9. The molecule has 0 spiro atoms. The lowest BCUT2D eigenvalue weighted by Crippen LogP contribution is -2.47. The van der Waals surface area contributed by atoms with Crippen LogP contribution in [0.15, 0.2) is 15.3 Å². The second-order valence-electron chi connectivity index (χ2n) is 6.40. The van der Waals surface area contributed by atoms with Gasteiger partial charge >= 0.3 is 5.97 Å². The van der Waals surface area contributed by atoms with Crippen molar-refractivity contribution < 1.29 is 14.7 Å². The average Bonchev–Trinajstić information content (AvgIpc) is 2.90. The van der Waals surface area contributed by atoms with E-state index in [1.165, 1.54) is 11.0 Å². The number of H-pyrrole nitrogens is 1. The van der Waals surface area contributed by atoms with Crippen LogP contribution in [0.1, 0.15) is 48.2 Å². The zero-order valence-electron chi connectivity index (χ0n) is 12.8. The number of likely N-dealkylation sites (tertiary alicyclic amines) is 1. The molecule has 3 rings (SSSR count). The first-order valence-corrected chi connectivity index (χ1v) is 8.64. The van der Waals surface area contributed by atoms with Gasteiger partial charge in [-0.15, -0.1) is 0 Å². The first kappa shape index (κ1) is 16.2. The summed E-state index contributed by atoms with van der Waals surface area (Å²) >= 11 is 3.31. The average molecular weight is 383 g/mol. The van der Waals surface area contributed by atoms with Crippen LogP contribution >= 0.6 is 15.9 Å². The van der Waals surface area contributed by atoms with Crippen molar-refractivity contribution in [2.45, 2.75) is 51.1 Å². The number of carbonyl (C=O) groups is 2. The Morgan fingerprint density at radius 2 is 2.04 bits per heavy atom. The van der Waals surface area contributed by atoms with Crippen LogP contribution < -0.4 is 5.56 Å². The maximum Gasteiger partial charge on any atom is 0.326 e. The minimum absolute atomic E-state index is 0.0000477. The van der Waals surface area contributed by atoms with Gasteiger partial charge in [-0.25, -0.2) is 4.79 Å². The van der Waals surface area contributed by atoms with Gasteiger partial charge in [-0.05, 0) is 54.1 Å². The number of rotatable bonds is 2. The van der Waals surface area contributed by atoms with E-state index >= 15 is 0 Å². The molecular weight excluding hydrogens is 364 g/mol. The molecule has 2 heterocycles. The Kier molecular flexibility index (Phi) is 4.31. The van der Waals surface area contributed by atoms with Gasteiger partial charge in [0.1, 0.15) is 11.6 Å². The number of pyridine rings is 1. The molecule has 0 radical (unpaired) electrons. The summed E-state index contributed by atoms with van der Waals surface area (Å²) in [6.07, 6.45) is 4.31. The van der Waals surface area contributed by atoms with E-state index in [4.69, 9.17) is 0 Å². The molecule has 1 aromatic rings. The molecule has 7 heteroatoms. The van der Waals surface area contributed by atoms with Crippen molar-refractivity contribution in [3.05, 3.63) is 32.2 Å². The number of carboxylic acids is 1. The zero-order valence-corrected chi connectivity index (χ0v) is 14.4. The second-order valence-corrected chi connectivity index (χ2v) is 7.25. The minimum atomic E-state index is -0.990. The lowest BCUT2D eigenvalue weighted by atomic mass is 9.84. The van der Waals surface area contributed by atoms with Crippen LogP contribution in [0.3, 0.4) is 0 Å². The molecular formula is C16H19BrN2O4. The van der Waals surface area contributed by atoms with E-state index < -0.39 is 23.5 Å². The molecule has 1 aliphatic carbocycles. The van der Waals surface area contributed by atoms with Crippen LogP contribution in [0, 0.1) is 12.8 Å². The number of aryl methyl sites for hydroxylation is 1. The van der Waals surface area contributed by atoms with Crippen molar-refractivity contribution in [3.63, 3.8) is 0 Å². The summed E-state index contributed by atoms with van der Waals surface area (Å²) in [5.41, 5.74) is 0.164. The van der Waals surface area contributed by atoms with E-state index in [0.29, 0.717) is 16.6 Å². The third-order valence-electron chi connectivity index (χ3n) is 5.01. The molecule has 3 unspecified atom stereocenters. The fraction of sp³-hybridized carbons (Fsp3) is 0.562. The third kappa shape index (κ3) is 2.82. The topological polar surface area (TPSA) is 90.5 Å². The molecule has 124 valence electrons. The molecule has 1 amide bonds. The SMILES string of the molecule is Cc1[nH]c(=O)c(C(=O)N2C(C(=O)O)CC3CCCCC32)cc1Br. The molecule has 1 saturated carbocycles. The van der Waals surface area contributed by atoms with Crippen molar-refractivity contribution >= 4 is 27.8 Å². The lowest BCUT2D eigenvalue weighted by Gasteiger charge is -2.32. The van der Waals surface area contributed by atoms with E-state index in [0.717, 1.165) is 25.7 Å². The van der Waals surface area contributed by atoms with Crippen molar-refractivity contribution in [2.24, 2.45) is 5.92 Å². The number of hydrogen-bond acceptors (Lipinski definition) is 3. The Bertz CT molecular complexity index is 715. The fourth-order valence-electron chi connectivity index (χ4n) is 3.87. The highest BCUT2D eigenvalue weighted by Gasteiger charge is 2.48. The number of halogens is 1. The first-order valence-electron chi connectivity index (χ1n) is 7.85. The van der Waals surface area contributed by atoms with Crippen molar-refractivity contribution in [3.8, 4) is 0 Å². The zero-order chi connectivity index (χ0) is 16.7. The third-order valence-corrected chi connectivity index (χ3v) is 5.84. The number of nitrogens with one attached hydrogen (secondary N) is 1. The number of carbonyl (C=O) groups excluding carboxylic acids is 1. The van der Waals surface area contributed by atoms with Crippen LogP contribution in [0.5, 0.6) is 0 Å². The van der Waals surface area contributed by atoms with Gasteiger partial charge in [0.05, 0.1) is 0 Å². The minimum Gasteiger partial charge on any atom is -0.480 e. The van der Waals surface area contributed by atoms with Crippen molar-refractivity contribution in [2.75, 3.05) is 0 Å². The number of aromatic nitrogens is 1. The summed E-state index contributed by atoms with van der Waals surface area (Å²) < 4.78 is 0.631.